The Balaban J connectivity index is 1.77. The van der Waals surface area contributed by atoms with Crippen LogP contribution in [0, 0.1) is 6.92 Å². The number of ether oxygens (including phenoxy) is 1. The van der Waals surface area contributed by atoms with Crippen LogP contribution in [-0.2, 0) is 0 Å². The van der Waals surface area contributed by atoms with E-state index in [9.17, 15) is 4.79 Å². The largest absolute Gasteiger partial charge is 0.494 e. The van der Waals surface area contributed by atoms with E-state index >= 15 is 0 Å². The predicted molar refractivity (Wildman–Crippen MR) is 102 cm³/mol. The molecule has 0 spiro atoms. The van der Waals surface area contributed by atoms with Crippen molar-refractivity contribution in [2.45, 2.75) is 13.8 Å². The van der Waals surface area contributed by atoms with Crippen LogP contribution in [0.25, 0.3) is 11.3 Å². The number of amides is 1. The molecule has 2 aromatic carbocycles. The lowest BCUT2D eigenvalue weighted by Crippen LogP contribution is -2.12. The van der Waals surface area contributed by atoms with Crippen molar-refractivity contribution in [2.75, 3.05) is 11.9 Å². The fraction of sp³-hybridized carbons (Fsp3) is 0.150. The second-order valence-corrected chi connectivity index (χ2v) is 6.41. The summed E-state index contributed by atoms with van der Waals surface area (Å²) in [5, 5.41) is 2.88. The highest BCUT2D eigenvalue weighted by Gasteiger charge is 2.16. The van der Waals surface area contributed by atoms with Crippen LogP contribution in [0.4, 0.5) is 5.69 Å². The van der Waals surface area contributed by atoms with Crippen molar-refractivity contribution in [2.24, 2.45) is 0 Å². The number of anilines is 1. The molecule has 1 heterocycles. The van der Waals surface area contributed by atoms with Gasteiger partial charge in [-0.25, -0.2) is 0 Å². The first-order valence-corrected chi connectivity index (χ1v) is 8.76. The normalized spacial score (nSPS) is 10.5. The average molecular weight is 400 g/mol. The van der Waals surface area contributed by atoms with Crippen LogP contribution in [0.3, 0.4) is 0 Å². The summed E-state index contributed by atoms with van der Waals surface area (Å²) in [7, 11) is 0. The van der Waals surface area contributed by atoms with E-state index in [-0.39, 0.29) is 5.91 Å². The Kier molecular flexibility index (Phi) is 5.24. The number of hydrogen-bond donors (Lipinski definition) is 1. The Morgan fingerprint density at radius 3 is 2.44 bits per heavy atom. The number of carbonyl (C=O) groups is 1. The first-order chi connectivity index (χ1) is 12.1. The zero-order chi connectivity index (χ0) is 17.8. The molecule has 25 heavy (non-hydrogen) atoms. The zero-order valence-corrected chi connectivity index (χ0v) is 15.6. The minimum Gasteiger partial charge on any atom is -0.494 e. The summed E-state index contributed by atoms with van der Waals surface area (Å²) in [6.07, 6.45) is 0. The van der Waals surface area contributed by atoms with Gasteiger partial charge in [0.2, 0.25) is 0 Å². The molecule has 0 aliphatic carbocycles. The van der Waals surface area contributed by atoms with Crippen molar-refractivity contribution in [3.63, 3.8) is 0 Å². The van der Waals surface area contributed by atoms with E-state index in [4.69, 9.17) is 9.15 Å². The maximum Gasteiger partial charge on any atom is 0.259 e. The molecular weight excluding hydrogens is 382 g/mol. The van der Waals surface area contributed by atoms with Crippen LogP contribution in [0.15, 0.2) is 63.5 Å². The molecule has 0 radical (unpaired) electrons. The van der Waals surface area contributed by atoms with E-state index in [1.807, 2.05) is 55.5 Å². The zero-order valence-electron chi connectivity index (χ0n) is 14.0. The molecule has 3 rings (SSSR count). The molecule has 0 aliphatic heterocycles. The quantitative estimate of drug-likeness (QED) is 0.601. The van der Waals surface area contributed by atoms with Crippen LogP contribution in [0.5, 0.6) is 5.75 Å². The van der Waals surface area contributed by atoms with Crippen LogP contribution >= 0.6 is 15.9 Å². The monoisotopic (exact) mass is 399 g/mol. The number of rotatable bonds is 5. The van der Waals surface area contributed by atoms with Gasteiger partial charge in [0.25, 0.3) is 5.91 Å². The first-order valence-electron chi connectivity index (χ1n) is 7.97. The molecule has 0 unspecified atom stereocenters. The number of aryl methyl sites for hydroxylation is 1. The van der Waals surface area contributed by atoms with Crippen LogP contribution in [0.1, 0.15) is 23.0 Å². The summed E-state index contributed by atoms with van der Waals surface area (Å²) in [4.78, 5) is 12.5. The highest BCUT2D eigenvalue weighted by atomic mass is 79.9. The van der Waals surface area contributed by atoms with Gasteiger partial charge in [-0.3, -0.25) is 4.79 Å². The highest BCUT2D eigenvalue weighted by Crippen LogP contribution is 2.27. The summed E-state index contributed by atoms with van der Waals surface area (Å²) in [6, 6.07) is 16.8. The Morgan fingerprint density at radius 1 is 1.12 bits per heavy atom. The van der Waals surface area contributed by atoms with Gasteiger partial charge in [-0.15, -0.1) is 0 Å². The molecule has 1 aromatic heterocycles. The SMILES string of the molecule is CCOc1ccc(NC(=O)c2cc(-c3ccc(Br)cc3)oc2C)cc1. The van der Waals surface area contributed by atoms with Crippen LogP contribution in [0.2, 0.25) is 0 Å². The molecule has 0 saturated carbocycles. The summed E-state index contributed by atoms with van der Waals surface area (Å²) >= 11 is 3.41. The third-order valence-electron chi connectivity index (χ3n) is 3.71. The van der Waals surface area contributed by atoms with E-state index in [0.717, 1.165) is 15.8 Å². The molecule has 0 aliphatic rings. The number of halogens is 1. The van der Waals surface area contributed by atoms with Crippen molar-refractivity contribution in [3.8, 4) is 17.1 Å². The van der Waals surface area contributed by atoms with Crippen molar-refractivity contribution in [1.82, 2.24) is 0 Å². The Labute approximate surface area is 154 Å². The van der Waals surface area contributed by atoms with E-state index < -0.39 is 0 Å². The highest BCUT2D eigenvalue weighted by molar-refractivity contribution is 9.10. The summed E-state index contributed by atoms with van der Waals surface area (Å²) in [6.45, 7) is 4.33. The van der Waals surface area contributed by atoms with Gasteiger partial charge in [0.1, 0.15) is 17.3 Å². The van der Waals surface area contributed by atoms with Crippen molar-refractivity contribution < 1.29 is 13.9 Å². The molecule has 128 valence electrons. The summed E-state index contributed by atoms with van der Waals surface area (Å²) in [5.41, 5.74) is 2.15. The lowest BCUT2D eigenvalue weighted by atomic mass is 10.1. The van der Waals surface area contributed by atoms with Gasteiger partial charge in [-0.2, -0.15) is 0 Å². The van der Waals surface area contributed by atoms with E-state index in [1.165, 1.54) is 0 Å². The maximum absolute atomic E-state index is 12.5. The second kappa shape index (κ2) is 7.57. The molecular formula is C20H18BrNO3. The predicted octanol–water partition coefficient (Wildman–Crippen LogP) is 5.67. The van der Waals surface area contributed by atoms with Gasteiger partial charge in [0.05, 0.1) is 12.2 Å². The topological polar surface area (TPSA) is 51.5 Å². The van der Waals surface area contributed by atoms with Crippen molar-refractivity contribution in [3.05, 3.63) is 70.4 Å². The smallest absolute Gasteiger partial charge is 0.259 e. The van der Waals surface area contributed by atoms with E-state index in [0.29, 0.717) is 29.4 Å². The number of furan rings is 1. The Morgan fingerprint density at radius 2 is 1.80 bits per heavy atom. The Hall–Kier alpha value is -2.53. The number of hydrogen-bond acceptors (Lipinski definition) is 3. The summed E-state index contributed by atoms with van der Waals surface area (Å²) in [5.74, 6) is 1.83. The van der Waals surface area contributed by atoms with Crippen molar-refractivity contribution in [1.29, 1.82) is 0 Å². The molecule has 4 nitrogen and oxygen atoms in total. The molecule has 5 heteroatoms. The number of benzene rings is 2. The van der Waals surface area contributed by atoms with Gasteiger partial charge in [0.15, 0.2) is 0 Å². The third kappa shape index (κ3) is 4.12. The molecule has 0 atom stereocenters. The molecule has 0 saturated heterocycles. The Bertz CT molecular complexity index is 867. The fourth-order valence-corrected chi connectivity index (χ4v) is 2.73. The van der Waals surface area contributed by atoms with Crippen molar-refractivity contribution >= 4 is 27.5 Å². The van der Waals surface area contributed by atoms with Gasteiger partial charge in [-0.05, 0) is 56.3 Å². The maximum atomic E-state index is 12.5. The third-order valence-corrected chi connectivity index (χ3v) is 4.24. The van der Waals surface area contributed by atoms with Gasteiger partial charge >= 0.3 is 0 Å². The van der Waals surface area contributed by atoms with E-state index in [1.54, 1.807) is 13.0 Å². The number of nitrogens with one attached hydrogen (secondary N) is 1. The lowest BCUT2D eigenvalue weighted by molar-refractivity contribution is 0.102. The standard InChI is InChI=1S/C20H18BrNO3/c1-3-24-17-10-8-16(9-11-17)22-20(23)18-12-19(25-13(18)2)14-4-6-15(21)7-5-14/h4-12H,3H2,1-2H3,(H,22,23). The summed E-state index contributed by atoms with van der Waals surface area (Å²) < 4.78 is 12.1. The van der Waals surface area contributed by atoms with Gasteiger partial charge in [-0.1, -0.05) is 28.1 Å². The van der Waals surface area contributed by atoms with Gasteiger partial charge < -0.3 is 14.5 Å². The fourth-order valence-electron chi connectivity index (χ4n) is 2.46. The molecule has 1 N–H and O–H groups in total. The molecule has 0 bridgehead atoms. The lowest BCUT2D eigenvalue weighted by Gasteiger charge is -2.06. The van der Waals surface area contributed by atoms with Gasteiger partial charge in [0, 0.05) is 15.7 Å². The minimum atomic E-state index is -0.200. The molecule has 1 amide bonds. The first kappa shape index (κ1) is 17.3. The van der Waals surface area contributed by atoms with Crippen LogP contribution < -0.4 is 10.1 Å². The molecule has 0 fully saturated rings. The minimum absolute atomic E-state index is 0.200. The number of carbonyl (C=O) groups excluding carboxylic acids is 1. The average Bonchev–Trinajstić information content (AvgIpc) is 2.99. The van der Waals surface area contributed by atoms with E-state index in [2.05, 4.69) is 21.2 Å². The molecule has 3 aromatic rings. The van der Waals surface area contributed by atoms with Crippen LogP contribution in [-0.4, -0.2) is 12.5 Å². The second-order valence-electron chi connectivity index (χ2n) is 5.50.